The van der Waals surface area contributed by atoms with E-state index in [2.05, 4.69) is 4.98 Å². The number of hydrogen-bond acceptors (Lipinski definition) is 5. The summed E-state index contributed by atoms with van der Waals surface area (Å²) in [5, 5.41) is 20.9. The van der Waals surface area contributed by atoms with Gasteiger partial charge in [0.25, 0.3) is 11.7 Å². The number of aliphatic hydroxyl groups is 1. The van der Waals surface area contributed by atoms with Crippen LogP contribution < -0.4 is 0 Å². The summed E-state index contributed by atoms with van der Waals surface area (Å²) in [6.07, 6.45) is 3.17. The predicted octanol–water partition coefficient (Wildman–Crippen LogP) is 4.28. The monoisotopic (exact) mass is 454 g/mol. The first-order chi connectivity index (χ1) is 14.9. The lowest BCUT2D eigenvalue weighted by Crippen LogP contribution is -2.29. The van der Waals surface area contributed by atoms with E-state index < -0.39 is 29.3 Å². The smallest absolute Gasteiger partial charge is 0.295 e. The number of halogens is 2. The number of pyridine rings is 1. The summed E-state index contributed by atoms with van der Waals surface area (Å²) in [7, 11) is 0. The molecule has 0 aliphatic carbocycles. The molecule has 1 unspecified atom stereocenters. The second-order valence-electron chi connectivity index (χ2n) is 7.35. The van der Waals surface area contributed by atoms with Gasteiger partial charge >= 0.3 is 0 Å². The van der Waals surface area contributed by atoms with Crippen LogP contribution in [0.15, 0.2) is 72.6 Å². The van der Waals surface area contributed by atoms with Crippen molar-refractivity contribution >= 4 is 29.9 Å². The Labute approximate surface area is 190 Å². The van der Waals surface area contributed by atoms with Gasteiger partial charge < -0.3 is 15.1 Å². The first kappa shape index (κ1) is 23.0. The van der Waals surface area contributed by atoms with Crippen molar-refractivity contribution < 1.29 is 24.2 Å². The SMILES string of the molecule is Cc1ccc(/C(O)=C2\C(=O)C(=O)N(Cc3cccnc3)C2c2cccc(O)c2)cc1F.Cl. The molecule has 1 amide bonds. The fourth-order valence-corrected chi connectivity index (χ4v) is 3.67. The highest BCUT2D eigenvalue weighted by atomic mass is 35.5. The molecule has 2 aromatic carbocycles. The van der Waals surface area contributed by atoms with Crippen LogP contribution in [0.3, 0.4) is 0 Å². The number of phenolic OH excluding ortho intramolecular Hbond substituents is 1. The van der Waals surface area contributed by atoms with Crippen LogP contribution in [-0.2, 0) is 16.1 Å². The molecule has 0 bridgehead atoms. The number of aliphatic hydroxyl groups excluding tert-OH is 1. The summed E-state index contributed by atoms with van der Waals surface area (Å²) in [5.74, 6) is -2.74. The van der Waals surface area contributed by atoms with Crippen LogP contribution in [0.2, 0.25) is 0 Å². The van der Waals surface area contributed by atoms with Crippen LogP contribution in [0.25, 0.3) is 5.76 Å². The van der Waals surface area contributed by atoms with Gasteiger partial charge in [-0.1, -0.05) is 30.3 Å². The summed E-state index contributed by atoms with van der Waals surface area (Å²) < 4.78 is 14.1. The number of aromatic hydroxyl groups is 1. The highest BCUT2D eigenvalue weighted by molar-refractivity contribution is 6.46. The van der Waals surface area contributed by atoms with E-state index in [0.29, 0.717) is 16.7 Å². The zero-order chi connectivity index (χ0) is 22.1. The molecular formula is C24H20ClFN2O4. The van der Waals surface area contributed by atoms with E-state index in [1.165, 1.54) is 29.2 Å². The van der Waals surface area contributed by atoms with E-state index in [0.717, 1.165) is 6.07 Å². The van der Waals surface area contributed by atoms with Gasteiger partial charge in [-0.15, -0.1) is 12.4 Å². The maximum Gasteiger partial charge on any atom is 0.295 e. The number of hydrogen-bond donors (Lipinski definition) is 2. The summed E-state index contributed by atoms with van der Waals surface area (Å²) in [4.78, 5) is 31.2. The third-order valence-corrected chi connectivity index (χ3v) is 5.25. The van der Waals surface area contributed by atoms with Crippen LogP contribution in [0.4, 0.5) is 4.39 Å². The summed E-state index contributed by atoms with van der Waals surface area (Å²) >= 11 is 0. The fourth-order valence-electron chi connectivity index (χ4n) is 3.67. The average molecular weight is 455 g/mol. The molecule has 1 aliphatic rings. The summed E-state index contributed by atoms with van der Waals surface area (Å²) in [6, 6.07) is 12.7. The standard InChI is InChI=1S/C24H19FN2O4.ClH/c1-14-7-8-17(11-19(14)25)22(29)20-21(16-5-2-6-18(28)10-16)27(24(31)23(20)30)13-15-4-3-9-26-12-15;/h2-12,21,28-29H,13H2,1H3;1H/b22-20+;. The number of likely N-dealkylation sites (tertiary alicyclic amines) is 1. The number of rotatable bonds is 4. The second kappa shape index (κ2) is 9.20. The molecule has 1 aliphatic heterocycles. The zero-order valence-electron chi connectivity index (χ0n) is 17.0. The van der Waals surface area contributed by atoms with Gasteiger partial charge in [0.15, 0.2) is 0 Å². The molecule has 164 valence electrons. The van der Waals surface area contributed by atoms with Crippen molar-refractivity contribution in [2.75, 3.05) is 0 Å². The van der Waals surface area contributed by atoms with Crippen LogP contribution >= 0.6 is 12.4 Å². The van der Waals surface area contributed by atoms with E-state index in [1.54, 1.807) is 43.6 Å². The molecule has 8 heteroatoms. The number of carbonyl (C=O) groups is 2. The Morgan fingerprint density at radius 2 is 1.91 bits per heavy atom. The number of amides is 1. The Hall–Kier alpha value is -3.71. The Kier molecular flexibility index (Phi) is 6.60. The molecule has 1 saturated heterocycles. The molecule has 4 rings (SSSR count). The Bertz CT molecular complexity index is 1210. The van der Waals surface area contributed by atoms with Crippen molar-refractivity contribution in [3.63, 3.8) is 0 Å². The van der Waals surface area contributed by atoms with Crippen molar-refractivity contribution in [1.82, 2.24) is 9.88 Å². The molecule has 0 saturated carbocycles. The van der Waals surface area contributed by atoms with Crippen molar-refractivity contribution in [3.8, 4) is 5.75 Å². The average Bonchev–Trinajstić information content (AvgIpc) is 3.01. The molecule has 0 radical (unpaired) electrons. The lowest BCUT2D eigenvalue weighted by atomic mass is 9.94. The number of nitrogens with zero attached hydrogens (tertiary/aromatic N) is 2. The van der Waals surface area contributed by atoms with Gasteiger partial charge in [-0.2, -0.15) is 0 Å². The van der Waals surface area contributed by atoms with E-state index in [-0.39, 0.29) is 35.8 Å². The molecule has 1 aromatic heterocycles. The van der Waals surface area contributed by atoms with E-state index in [1.807, 2.05) is 0 Å². The van der Waals surface area contributed by atoms with Gasteiger partial charge in [-0.25, -0.2) is 4.39 Å². The maximum absolute atomic E-state index is 14.1. The molecule has 0 spiro atoms. The van der Waals surface area contributed by atoms with Crippen molar-refractivity contribution in [2.24, 2.45) is 0 Å². The minimum absolute atomic E-state index is 0. The molecule has 32 heavy (non-hydrogen) atoms. The summed E-state index contributed by atoms with van der Waals surface area (Å²) in [5.41, 5.74) is 1.45. The highest BCUT2D eigenvalue weighted by Crippen LogP contribution is 2.41. The van der Waals surface area contributed by atoms with E-state index in [9.17, 15) is 24.2 Å². The Morgan fingerprint density at radius 1 is 1.12 bits per heavy atom. The van der Waals surface area contributed by atoms with E-state index >= 15 is 0 Å². The van der Waals surface area contributed by atoms with Gasteiger partial charge in [-0.05, 0) is 47.9 Å². The van der Waals surface area contributed by atoms with Gasteiger partial charge in [0.05, 0.1) is 11.6 Å². The van der Waals surface area contributed by atoms with E-state index in [4.69, 9.17) is 0 Å². The highest BCUT2D eigenvalue weighted by Gasteiger charge is 2.46. The number of Topliss-reactive ketones (excluding diaryl/α,β-unsaturated/α-hetero) is 1. The molecule has 6 nitrogen and oxygen atoms in total. The normalized spacial score (nSPS) is 17.3. The first-order valence-electron chi connectivity index (χ1n) is 9.59. The quantitative estimate of drug-likeness (QED) is 0.349. The molecular weight excluding hydrogens is 435 g/mol. The minimum atomic E-state index is -0.961. The van der Waals surface area contributed by atoms with Crippen molar-refractivity contribution in [3.05, 3.63) is 101 Å². The van der Waals surface area contributed by atoms with Gasteiger partial charge in [0, 0.05) is 24.5 Å². The van der Waals surface area contributed by atoms with Crippen LogP contribution in [0.1, 0.15) is 28.3 Å². The first-order valence-corrected chi connectivity index (χ1v) is 9.59. The topological polar surface area (TPSA) is 90.7 Å². The Morgan fingerprint density at radius 3 is 2.56 bits per heavy atom. The number of aryl methyl sites for hydroxylation is 1. The number of ketones is 1. The zero-order valence-corrected chi connectivity index (χ0v) is 17.8. The number of benzene rings is 2. The predicted molar refractivity (Wildman–Crippen MR) is 119 cm³/mol. The minimum Gasteiger partial charge on any atom is -0.508 e. The molecule has 2 N–H and O–H groups in total. The third-order valence-electron chi connectivity index (χ3n) is 5.25. The second-order valence-corrected chi connectivity index (χ2v) is 7.35. The van der Waals surface area contributed by atoms with Crippen LogP contribution in [-0.4, -0.2) is 31.8 Å². The fraction of sp³-hybridized carbons (Fsp3) is 0.125. The number of carbonyl (C=O) groups excluding carboxylic acids is 2. The lowest BCUT2D eigenvalue weighted by Gasteiger charge is -2.25. The molecule has 1 fully saturated rings. The van der Waals surface area contributed by atoms with Crippen LogP contribution in [0, 0.1) is 12.7 Å². The molecule has 2 heterocycles. The number of phenols is 1. The molecule has 3 aromatic rings. The third kappa shape index (κ3) is 4.20. The maximum atomic E-state index is 14.1. The van der Waals surface area contributed by atoms with Gasteiger partial charge in [0.1, 0.15) is 17.3 Å². The van der Waals surface area contributed by atoms with Crippen molar-refractivity contribution in [1.29, 1.82) is 0 Å². The largest absolute Gasteiger partial charge is 0.508 e. The van der Waals surface area contributed by atoms with Gasteiger partial charge in [-0.3, -0.25) is 14.6 Å². The lowest BCUT2D eigenvalue weighted by molar-refractivity contribution is -0.140. The van der Waals surface area contributed by atoms with Gasteiger partial charge in [0.2, 0.25) is 0 Å². The summed E-state index contributed by atoms with van der Waals surface area (Å²) in [6.45, 7) is 1.65. The van der Waals surface area contributed by atoms with Crippen LogP contribution in [0.5, 0.6) is 5.75 Å². The molecule has 1 atom stereocenters. The Balaban J connectivity index is 0.00000289. The van der Waals surface area contributed by atoms with Crippen molar-refractivity contribution in [2.45, 2.75) is 19.5 Å². The number of aromatic nitrogens is 1.